The van der Waals surface area contributed by atoms with Gasteiger partial charge in [0.1, 0.15) is 6.61 Å². The van der Waals surface area contributed by atoms with E-state index in [1.807, 2.05) is 12.1 Å². The molecule has 0 spiro atoms. The quantitative estimate of drug-likeness (QED) is 0.676. The molecule has 0 aliphatic rings. The summed E-state index contributed by atoms with van der Waals surface area (Å²) in [6, 6.07) is 8.73. The van der Waals surface area contributed by atoms with Crippen molar-refractivity contribution in [3.8, 4) is 11.5 Å². The number of ether oxygens (including phenoxy) is 2. The molecule has 0 fully saturated rings. The van der Waals surface area contributed by atoms with Crippen LogP contribution in [0, 0.1) is 6.92 Å². The molecular formula is C19H20ClNO4. The highest BCUT2D eigenvalue weighted by molar-refractivity contribution is 6.32. The third-order valence-electron chi connectivity index (χ3n) is 3.68. The summed E-state index contributed by atoms with van der Waals surface area (Å²) in [6.07, 6.45) is 1.63. The number of methoxy groups -OCH3 is 1. The van der Waals surface area contributed by atoms with E-state index in [1.165, 1.54) is 0 Å². The van der Waals surface area contributed by atoms with Crippen LogP contribution in [0.3, 0.4) is 0 Å². The fraction of sp³-hybridized carbons (Fsp3) is 0.211. The van der Waals surface area contributed by atoms with Crippen molar-refractivity contribution in [3.63, 3.8) is 0 Å². The maximum Gasteiger partial charge on any atom is 0.336 e. The predicted octanol–water partition coefficient (Wildman–Crippen LogP) is 4.53. The first kappa shape index (κ1) is 18.7. The Morgan fingerprint density at radius 2 is 2.16 bits per heavy atom. The van der Waals surface area contributed by atoms with Gasteiger partial charge in [-0.15, -0.1) is 0 Å². The Morgan fingerprint density at radius 3 is 2.80 bits per heavy atom. The fourth-order valence-corrected chi connectivity index (χ4v) is 2.70. The van der Waals surface area contributed by atoms with Gasteiger partial charge in [-0.2, -0.15) is 0 Å². The van der Waals surface area contributed by atoms with Crippen molar-refractivity contribution in [2.75, 3.05) is 19.0 Å². The zero-order valence-corrected chi connectivity index (χ0v) is 14.9. The molecule has 6 heteroatoms. The van der Waals surface area contributed by atoms with E-state index in [2.05, 4.69) is 11.9 Å². The van der Waals surface area contributed by atoms with E-state index < -0.39 is 5.97 Å². The molecule has 0 atom stereocenters. The molecule has 2 N–H and O–H groups in total. The van der Waals surface area contributed by atoms with Crippen LogP contribution in [0.4, 0.5) is 5.69 Å². The molecule has 0 radical (unpaired) electrons. The molecule has 0 unspecified atom stereocenters. The number of rotatable bonds is 8. The molecule has 0 heterocycles. The van der Waals surface area contributed by atoms with Crippen LogP contribution < -0.4 is 14.8 Å². The van der Waals surface area contributed by atoms with Gasteiger partial charge in [0.25, 0.3) is 0 Å². The van der Waals surface area contributed by atoms with Crippen LogP contribution >= 0.6 is 11.6 Å². The Morgan fingerprint density at radius 1 is 1.40 bits per heavy atom. The minimum Gasteiger partial charge on any atom is -0.493 e. The summed E-state index contributed by atoms with van der Waals surface area (Å²) >= 11 is 6.28. The van der Waals surface area contributed by atoms with Gasteiger partial charge in [0.2, 0.25) is 0 Å². The Kier molecular flexibility index (Phi) is 6.31. The molecule has 5 nitrogen and oxygen atoms in total. The number of carboxylic acids is 1. The van der Waals surface area contributed by atoms with Crippen molar-refractivity contribution < 1.29 is 19.4 Å². The summed E-state index contributed by atoms with van der Waals surface area (Å²) in [4.78, 5) is 11.2. The zero-order chi connectivity index (χ0) is 18.4. The van der Waals surface area contributed by atoms with E-state index in [4.69, 9.17) is 21.1 Å². The van der Waals surface area contributed by atoms with E-state index in [9.17, 15) is 9.90 Å². The van der Waals surface area contributed by atoms with Crippen LogP contribution in [-0.4, -0.2) is 24.8 Å². The Hall–Kier alpha value is -2.66. The lowest BCUT2D eigenvalue weighted by Gasteiger charge is -2.15. The Bertz CT molecular complexity index is 789. The highest BCUT2D eigenvalue weighted by Crippen LogP contribution is 2.36. The molecule has 0 amide bonds. The van der Waals surface area contributed by atoms with E-state index in [0.717, 1.165) is 11.3 Å². The number of carbonyl (C=O) groups is 1. The molecule has 132 valence electrons. The van der Waals surface area contributed by atoms with Crippen molar-refractivity contribution >= 4 is 23.3 Å². The van der Waals surface area contributed by atoms with E-state index in [0.29, 0.717) is 35.2 Å². The lowest BCUT2D eigenvalue weighted by atomic mass is 10.1. The van der Waals surface area contributed by atoms with Gasteiger partial charge in [0, 0.05) is 12.2 Å². The minimum atomic E-state index is -0.949. The maximum absolute atomic E-state index is 11.2. The summed E-state index contributed by atoms with van der Waals surface area (Å²) in [5.74, 6) is 0.0496. The highest BCUT2D eigenvalue weighted by atomic mass is 35.5. The molecular weight excluding hydrogens is 342 g/mol. The monoisotopic (exact) mass is 361 g/mol. The Balaban J connectivity index is 2.21. The third-order valence-corrected chi connectivity index (χ3v) is 3.96. The van der Waals surface area contributed by atoms with Crippen molar-refractivity contribution in [2.45, 2.75) is 13.5 Å². The number of aromatic carboxylic acids is 1. The second-order valence-corrected chi connectivity index (χ2v) is 5.75. The van der Waals surface area contributed by atoms with Crippen molar-refractivity contribution in [1.82, 2.24) is 0 Å². The number of hydrogen-bond donors (Lipinski definition) is 2. The number of benzene rings is 2. The summed E-state index contributed by atoms with van der Waals surface area (Å²) in [5.41, 5.74) is 2.59. The van der Waals surface area contributed by atoms with Crippen LogP contribution in [0.1, 0.15) is 21.5 Å². The largest absolute Gasteiger partial charge is 0.493 e. The van der Waals surface area contributed by atoms with Gasteiger partial charge in [-0.1, -0.05) is 30.3 Å². The van der Waals surface area contributed by atoms with E-state index >= 15 is 0 Å². The molecule has 0 aliphatic heterocycles. The molecule has 0 aromatic heterocycles. The van der Waals surface area contributed by atoms with E-state index in [-0.39, 0.29) is 5.56 Å². The summed E-state index contributed by atoms with van der Waals surface area (Å²) < 4.78 is 10.9. The molecule has 2 rings (SSSR count). The number of anilines is 1. The summed E-state index contributed by atoms with van der Waals surface area (Å²) in [5, 5.41) is 12.9. The molecule has 2 aromatic carbocycles. The van der Waals surface area contributed by atoms with Crippen LogP contribution in [0.2, 0.25) is 5.02 Å². The molecule has 25 heavy (non-hydrogen) atoms. The normalized spacial score (nSPS) is 10.2. The molecule has 2 aromatic rings. The fourth-order valence-electron chi connectivity index (χ4n) is 2.41. The van der Waals surface area contributed by atoms with E-state index in [1.54, 1.807) is 38.3 Å². The third kappa shape index (κ3) is 4.45. The average Bonchev–Trinajstić information content (AvgIpc) is 2.59. The molecule has 0 saturated heterocycles. The first-order chi connectivity index (χ1) is 12.0. The first-order valence-corrected chi connectivity index (χ1v) is 8.02. The highest BCUT2D eigenvalue weighted by Gasteiger charge is 2.13. The van der Waals surface area contributed by atoms with Crippen molar-refractivity contribution in [1.29, 1.82) is 0 Å². The standard InChI is InChI=1S/C19H20ClNO4/c1-4-8-25-18-15(20)9-13(10-17(18)24-3)11-21-16-7-5-6-14(12(16)2)19(22)23/h4-7,9-10,21H,1,8,11H2,2-3H3,(H,22,23). The number of carboxylic acid groups (broad SMARTS) is 1. The number of hydrogen-bond acceptors (Lipinski definition) is 4. The minimum absolute atomic E-state index is 0.272. The van der Waals surface area contributed by atoms with Crippen molar-refractivity contribution in [2.24, 2.45) is 0 Å². The molecule has 0 saturated carbocycles. The van der Waals surface area contributed by atoms with Crippen molar-refractivity contribution in [3.05, 3.63) is 64.7 Å². The number of nitrogens with one attached hydrogen (secondary N) is 1. The predicted molar refractivity (Wildman–Crippen MR) is 99.2 cm³/mol. The second kappa shape index (κ2) is 8.44. The van der Waals surface area contributed by atoms with Gasteiger partial charge in [0.05, 0.1) is 17.7 Å². The van der Waals surface area contributed by atoms with Gasteiger partial charge < -0.3 is 19.9 Å². The topological polar surface area (TPSA) is 67.8 Å². The van der Waals surface area contributed by atoms with Crippen LogP contribution in [0.15, 0.2) is 43.0 Å². The summed E-state index contributed by atoms with van der Waals surface area (Å²) in [7, 11) is 1.55. The van der Waals surface area contributed by atoms with Crippen LogP contribution in [0.25, 0.3) is 0 Å². The van der Waals surface area contributed by atoms with Gasteiger partial charge >= 0.3 is 5.97 Å². The second-order valence-electron chi connectivity index (χ2n) is 5.35. The zero-order valence-electron chi connectivity index (χ0n) is 14.1. The van der Waals surface area contributed by atoms with Crippen LogP contribution in [-0.2, 0) is 6.54 Å². The average molecular weight is 362 g/mol. The van der Waals surface area contributed by atoms with Gasteiger partial charge in [-0.25, -0.2) is 4.79 Å². The molecule has 0 aliphatic carbocycles. The first-order valence-electron chi connectivity index (χ1n) is 7.64. The SMILES string of the molecule is C=CCOc1c(Cl)cc(CNc2cccc(C(=O)O)c2C)cc1OC. The lowest BCUT2D eigenvalue weighted by molar-refractivity contribution is 0.0696. The van der Waals surface area contributed by atoms with Gasteiger partial charge in [-0.05, 0) is 42.3 Å². The van der Waals surface area contributed by atoms with Crippen LogP contribution in [0.5, 0.6) is 11.5 Å². The Labute approximate surface area is 151 Å². The molecule has 0 bridgehead atoms. The smallest absolute Gasteiger partial charge is 0.336 e. The van der Waals surface area contributed by atoms with Gasteiger partial charge in [0.15, 0.2) is 11.5 Å². The van der Waals surface area contributed by atoms with Gasteiger partial charge in [-0.3, -0.25) is 0 Å². The number of halogens is 1. The maximum atomic E-state index is 11.2. The lowest BCUT2D eigenvalue weighted by Crippen LogP contribution is -2.06. The summed E-state index contributed by atoms with van der Waals surface area (Å²) in [6.45, 7) is 6.17.